The van der Waals surface area contributed by atoms with Crippen LogP contribution in [0, 0.1) is 6.92 Å². The Morgan fingerprint density at radius 3 is 2.58 bits per heavy atom. The number of carbonyl (C=O) groups is 1. The maximum absolute atomic E-state index is 11.1. The van der Waals surface area contributed by atoms with E-state index in [1.165, 1.54) is 0 Å². The van der Waals surface area contributed by atoms with Crippen molar-refractivity contribution in [1.82, 2.24) is 9.97 Å². The van der Waals surface area contributed by atoms with Crippen molar-refractivity contribution in [3.63, 3.8) is 0 Å². The van der Waals surface area contributed by atoms with E-state index in [2.05, 4.69) is 15.3 Å². The van der Waals surface area contributed by atoms with Crippen LogP contribution in [0.1, 0.15) is 21.6 Å². The Bertz CT molecular complexity index is 924. The number of nitrogens with zero attached hydrogens (tertiary/aromatic N) is 2. The molecule has 0 saturated carbocycles. The van der Waals surface area contributed by atoms with Gasteiger partial charge in [0.25, 0.3) is 0 Å². The largest absolute Gasteiger partial charge is 0.478 e. The Labute approximate surface area is 151 Å². The minimum atomic E-state index is -0.975. The Kier molecular flexibility index (Phi) is 5.24. The zero-order chi connectivity index (χ0) is 18.5. The summed E-state index contributed by atoms with van der Waals surface area (Å²) in [5.41, 5.74) is 3.64. The van der Waals surface area contributed by atoms with Gasteiger partial charge in [0.1, 0.15) is 5.82 Å². The highest BCUT2D eigenvalue weighted by molar-refractivity contribution is 5.89. The van der Waals surface area contributed by atoms with Crippen LogP contribution in [0.4, 0.5) is 11.5 Å². The van der Waals surface area contributed by atoms with Gasteiger partial charge >= 0.3 is 5.97 Å². The van der Waals surface area contributed by atoms with E-state index >= 15 is 0 Å². The molecular weight excluding hydrogens is 330 g/mol. The molecule has 0 atom stereocenters. The lowest BCUT2D eigenvalue weighted by Crippen LogP contribution is -2.03. The molecule has 0 spiro atoms. The van der Waals surface area contributed by atoms with Crippen LogP contribution >= 0.6 is 0 Å². The number of hydrogen-bond donors (Lipinski definition) is 2. The maximum Gasteiger partial charge on any atom is 0.335 e. The lowest BCUT2D eigenvalue weighted by molar-refractivity contribution is 0.0697. The zero-order valence-electron chi connectivity index (χ0n) is 14.6. The Balaban J connectivity index is 1.97. The third-order valence-electron chi connectivity index (χ3n) is 3.76. The molecule has 0 fully saturated rings. The lowest BCUT2D eigenvalue weighted by Gasteiger charge is -2.11. The fourth-order valence-corrected chi connectivity index (χ4v) is 2.49. The summed E-state index contributed by atoms with van der Waals surface area (Å²) < 4.78 is 5.20. The molecule has 1 heterocycles. The molecule has 0 unspecified atom stereocenters. The average molecular weight is 349 g/mol. The minimum absolute atomic E-state index is 0.208. The first-order chi connectivity index (χ1) is 12.5. The fourth-order valence-electron chi connectivity index (χ4n) is 2.49. The van der Waals surface area contributed by atoms with Crippen molar-refractivity contribution in [3.05, 3.63) is 71.4 Å². The van der Waals surface area contributed by atoms with Crippen molar-refractivity contribution in [2.45, 2.75) is 13.5 Å². The second-order valence-electron chi connectivity index (χ2n) is 5.88. The number of nitrogens with one attached hydrogen (secondary N) is 1. The highest BCUT2D eigenvalue weighted by Gasteiger charge is 2.09. The van der Waals surface area contributed by atoms with Gasteiger partial charge in [-0.1, -0.05) is 35.9 Å². The first-order valence-electron chi connectivity index (χ1n) is 8.09. The predicted molar refractivity (Wildman–Crippen MR) is 99.6 cm³/mol. The van der Waals surface area contributed by atoms with Crippen LogP contribution in [0.15, 0.2) is 54.6 Å². The average Bonchev–Trinajstić information content (AvgIpc) is 2.62. The van der Waals surface area contributed by atoms with Crippen molar-refractivity contribution in [1.29, 1.82) is 0 Å². The van der Waals surface area contributed by atoms with Gasteiger partial charge in [-0.15, -0.1) is 0 Å². The van der Waals surface area contributed by atoms with Gasteiger partial charge in [-0.05, 0) is 25.1 Å². The molecular formula is C20H19N3O3. The number of aryl methyl sites for hydroxylation is 1. The molecule has 6 heteroatoms. The van der Waals surface area contributed by atoms with Crippen molar-refractivity contribution < 1.29 is 14.6 Å². The quantitative estimate of drug-likeness (QED) is 0.699. The highest BCUT2D eigenvalue weighted by atomic mass is 16.5. The maximum atomic E-state index is 11.1. The van der Waals surface area contributed by atoms with Crippen molar-refractivity contribution in [3.8, 4) is 11.4 Å². The molecule has 2 aromatic carbocycles. The summed E-state index contributed by atoms with van der Waals surface area (Å²) in [7, 11) is 1.61. The molecule has 0 bridgehead atoms. The van der Waals surface area contributed by atoms with Gasteiger partial charge in [0.05, 0.1) is 17.9 Å². The van der Waals surface area contributed by atoms with E-state index in [1.807, 2.05) is 31.2 Å². The lowest BCUT2D eigenvalue weighted by atomic mass is 10.1. The molecule has 2 N–H and O–H groups in total. The second kappa shape index (κ2) is 7.76. The summed E-state index contributed by atoms with van der Waals surface area (Å²) in [4.78, 5) is 20.2. The molecule has 132 valence electrons. The normalized spacial score (nSPS) is 10.5. The van der Waals surface area contributed by atoms with E-state index in [4.69, 9.17) is 9.84 Å². The van der Waals surface area contributed by atoms with Gasteiger partial charge in [-0.2, -0.15) is 0 Å². The van der Waals surface area contributed by atoms with Gasteiger partial charge in [0.15, 0.2) is 5.82 Å². The summed E-state index contributed by atoms with van der Waals surface area (Å²) in [6.07, 6.45) is 0. The highest BCUT2D eigenvalue weighted by Crippen LogP contribution is 2.22. The molecule has 0 aliphatic heterocycles. The van der Waals surface area contributed by atoms with Crippen LogP contribution in [-0.4, -0.2) is 28.2 Å². The van der Waals surface area contributed by atoms with Gasteiger partial charge in [0, 0.05) is 24.4 Å². The van der Waals surface area contributed by atoms with E-state index < -0.39 is 5.97 Å². The number of aromatic nitrogens is 2. The monoisotopic (exact) mass is 349 g/mol. The van der Waals surface area contributed by atoms with E-state index in [-0.39, 0.29) is 5.56 Å². The number of carboxylic acid groups (broad SMARTS) is 1. The van der Waals surface area contributed by atoms with Gasteiger partial charge in [-0.25, -0.2) is 14.8 Å². The zero-order valence-corrected chi connectivity index (χ0v) is 14.6. The molecule has 0 saturated heterocycles. The number of benzene rings is 2. The van der Waals surface area contributed by atoms with E-state index in [1.54, 1.807) is 37.4 Å². The predicted octanol–water partition coefficient (Wildman–Crippen LogP) is 4.04. The summed E-state index contributed by atoms with van der Waals surface area (Å²) in [6.45, 7) is 2.37. The van der Waals surface area contributed by atoms with Crippen LogP contribution in [-0.2, 0) is 11.3 Å². The number of methoxy groups -OCH3 is 1. The number of rotatable bonds is 6. The standard InChI is InChI=1S/C20H19N3O3/c1-13-6-8-14(9-7-13)19-22-17(12-26-2)11-18(23-19)21-16-5-3-4-15(10-16)20(24)25/h3-11H,12H2,1-2H3,(H,24,25)(H,21,22,23). The number of aromatic carboxylic acids is 1. The summed E-state index contributed by atoms with van der Waals surface area (Å²) in [6, 6.07) is 16.3. The van der Waals surface area contributed by atoms with E-state index in [0.29, 0.717) is 23.9 Å². The molecule has 26 heavy (non-hydrogen) atoms. The number of anilines is 2. The number of hydrogen-bond acceptors (Lipinski definition) is 5. The Morgan fingerprint density at radius 1 is 1.12 bits per heavy atom. The summed E-state index contributed by atoms with van der Waals surface area (Å²) in [5.74, 6) is 0.179. The number of ether oxygens (including phenoxy) is 1. The van der Waals surface area contributed by atoms with Crippen LogP contribution < -0.4 is 5.32 Å². The molecule has 3 aromatic rings. The first-order valence-corrected chi connectivity index (χ1v) is 8.09. The topological polar surface area (TPSA) is 84.3 Å². The Morgan fingerprint density at radius 2 is 1.88 bits per heavy atom. The van der Waals surface area contributed by atoms with Crippen LogP contribution in [0.3, 0.4) is 0 Å². The van der Waals surface area contributed by atoms with Crippen LogP contribution in [0.25, 0.3) is 11.4 Å². The smallest absolute Gasteiger partial charge is 0.335 e. The molecule has 1 aromatic heterocycles. The van der Waals surface area contributed by atoms with Crippen molar-refractivity contribution >= 4 is 17.5 Å². The molecule has 0 aliphatic rings. The molecule has 0 aliphatic carbocycles. The van der Waals surface area contributed by atoms with Gasteiger partial charge in [0.2, 0.25) is 0 Å². The van der Waals surface area contributed by atoms with Gasteiger partial charge < -0.3 is 15.2 Å². The molecule has 0 radical (unpaired) electrons. The van der Waals surface area contributed by atoms with Gasteiger partial charge in [-0.3, -0.25) is 0 Å². The second-order valence-corrected chi connectivity index (χ2v) is 5.88. The molecule has 6 nitrogen and oxygen atoms in total. The molecule has 3 rings (SSSR count). The van der Waals surface area contributed by atoms with Crippen molar-refractivity contribution in [2.75, 3.05) is 12.4 Å². The first kappa shape index (κ1) is 17.6. The van der Waals surface area contributed by atoms with Crippen LogP contribution in [0.2, 0.25) is 0 Å². The summed E-state index contributed by atoms with van der Waals surface area (Å²) >= 11 is 0. The third kappa shape index (κ3) is 4.23. The van der Waals surface area contributed by atoms with Crippen LogP contribution in [0.5, 0.6) is 0 Å². The minimum Gasteiger partial charge on any atom is -0.478 e. The van der Waals surface area contributed by atoms with E-state index in [0.717, 1.165) is 16.8 Å². The molecule has 0 amide bonds. The summed E-state index contributed by atoms with van der Waals surface area (Å²) in [5, 5.41) is 12.3. The SMILES string of the molecule is COCc1cc(Nc2cccc(C(=O)O)c2)nc(-c2ccc(C)cc2)n1. The fraction of sp³-hybridized carbons (Fsp3) is 0.150. The Hall–Kier alpha value is -3.25. The van der Waals surface area contributed by atoms with Crippen molar-refractivity contribution in [2.24, 2.45) is 0 Å². The third-order valence-corrected chi connectivity index (χ3v) is 3.76. The van der Waals surface area contributed by atoms with E-state index in [9.17, 15) is 4.79 Å². The number of carboxylic acids is 1.